The molecule has 0 aliphatic rings. The van der Waals surface area contributed by atoms with Gasteiger partial charge in [-0.1, -0.05) is 46.9 Å². The number of halogens is 3. The largest absolute Gasteiger partial charge is 0.478 e. The molecule has 3 aromatic rings. The minimum atomic E-state index is -1.23. The van der Waals surface area contributed by atoms with E-state index < -0.39 is 11.5 Å². The summed E-state index contributed by atoms with van der Waals surface area (Å²) >= 11 is 17.9. The Labute approximate surface area is 200 Å². The molecule has 1 amide bonds. The number of nitrogens with one attached hydrogen (secondary N) is 1. The summed E-state index contributed by atoms with van der Waals surface area (Å²) in [5.74, 6) is -0.174. The van der Waals surface area contributed by atoms with Crippen LogP contribution in [0.2, 0.25) is 15.1 Å². The zero-order valence-electron chi connectivity index (χ0n) is 17.2. The summed E-state index contributed by atoms with van der Waals surface area (Å²) < 4.78 is 5.80. The van der Waals surface area contributed by atoms with Crippen molar-refractivity contribution in [2.24, 2.45) is 5.10 Å². The van der Waals surface area contributed by atoms with E-state index in [0.29, 0.717) is 37.5 Å². The Morgan fingerprint density at radius 2 is 1.50 bits per heavy atom. The van der Waals surface area contributed by atoms with E-state index in [4.69, 9.17) is 39.5 Å². The van der Waals surface area contributed by atoms with Crippen LogP contribution in [0.3, 0.4) is 0 Å². The highest BCUT2D eigenvalue weighted by Gasteiger charge is 2.30. The second kappa shape index (κ2) is 10.2. The average molecular weight is 490 g/mol. The molecule has 0 aliphatic carbocycles. The van der Waals surface area contributed by atoms with Crippen LogP contribution in [0.25, 0.3) is 0 Å². The Kier molecular flexibility index (Phi) is 7.56. The lowest BCUT2D eigenvalue weighted by Crippen LogP contribution is -2.44. The minimum absolute atomic E-state index is 0.140. The molecule has 0 saturated heterocycles. The maximum absolute atomic E-state index is 12.6. The highest BCUT2D eigenvalue weighted by atomic mass is 35.5. The van der Waals surface area contributed by atoms with E-state index in [0.717, 1.165) is 0 Å². The molecule has 0 aromatic heterocycles. The highest BCUT2D eigenvalue weighted by Crippen LogP contribution is 2.24. The molecule has 0 heterocycles. The monoisotopic (exact) mass is 488 g/mol. The minimum Gasteiger partial charge on any atom is -0.478 e. The Morgan fingerprint density at radius 1 is 0.906 bits per heavy atom. The molecule has 0 atom stereocenters. The molecule has 0 radical (unpaired) electrons. The molecule has 3 aromatic carbocycles. The van der Waals surface area contributed by atoms with E-state index in [2.05, 4.69) is 10.5 Å². The van der Waals surface area contributed by atoms with Crippen molar-refractivity contribution in [2.75, 3.05) is 0 Å². The van der Waals surface area contributed by atoms with Crippen molar-refractivity contribution in [1.29, 1.82) is 0 Å². The molecule has 0 aliphatic heterocycles. The molecule has 0 unspecified atom stereocenters. The summed E-state index contributed by atoms with van der Waals surface area (Å²) in [6.07, 6.45) is 1.40. The first-order valence-electron chi connectivity index (χ1n) is 9.54. The lowest BCUT2D eigenvalue weighted by Gasteiger charge is -2.24. The van der Waals surface area contributed by atoms with E-state index in [9.17, 15) is 9.59 Å². The van der Waals surface area contributed by atoms with Gasteiger partial charge in [0.2, 0.25) is 0 Å². The number of ketones is 1. The third-order valence-corrected chi connectivity index (χ3v) is 5.58. The Balaban J connectivity index is 1.63. The average Bonchev–Trinajstić information content (AvgIpc) is 2.77. The number of rotatable bonds is 7. The SMILES string of the molecule is CC(C)(Oc1ccc(C(=O)c2ccc(Cl)cc2)cc1)C(=O)N/N=C/c1cccc(Cl)c1Cl. The zero-order chi connectivity index (χ0) is 23.3. The van der Waals surface area contributed by atoms with Gasteiger partial charge in [-0.3, -0.25) is 9.59 Å². The quantitative estimate of drug-likeness (QED) is 0.245. The molecule has 1 N–H and O–H groups in total. The standard InChI is InChI=1S/C24H19Cl3N2O3/c1-24(2,23(31)29-28-14-17-4-3-5-20(26)21(17)27)32-19-12-8-16(9-13-19)22(30)15-6-10-18(25)11-7-15/h3-14H,1-2H3,(H,29,31)/b28-14+. The Morgan fingerprint density at radius 3 is 2.12 bits per heavy atom. The molecule has 8 heteroatoms. The number of carbonyl (C=O) groups is 2. The van der Waals surface area contributed by atoms with Crippen LogP contribution in [0.1, 0.15) is 35.3 Å². The molecule has 32 heavy (non-hydrogen) atoms. The van der Waals surface area contributed by atoms with Crippen LogP contribution in [0.4, 0.5) is 0 Å². The van der Waals surface area contributed by atoms with Gasteiger partial charge in [-0.25, -0.2) is 5.43 Å². The van der Waals surface area contributed by atoms with Crippen molar-refractivity contribution >= 4 is 52.7 Å². The van der Waals surface area contributed by atoms with Crippen molar-refractivity contribution in [3.05, 3.63) is 98.5 Å². The molecule has 164 valence electrons. The molecule has 5 nitrogen and oxygen atoms in total. The summed E-state index contributed by atoms with van der Waals surface area (Å²) in [5.41, 5.74) is 2.80. The first-order valence-corrected chi connectivity index (χ1v) is 10.7. The van der Waals surface area contributed by atoms with Crippen LogP contribution in [0, 0.1) is 0 Å². The third kappa shape index (κ3) is 5.88. The van der Waals surface area contributed by atoms with Crippen LogP contribution in [0.5, 0.6) is 5.75 Å². The van der Waals surface area contributed by atoms with Crippen molar-refractivity contribution < 1.29 is 14.3 Å². The molecular weight excluding hydrogens is 471 g/mol. The van der Waals surface area contributed by atoms with Crippen molar-refractivity contribution in [2.45, 2.75) is 19.4 Å². The van der Waals surface area contributed by atoms with Gasteiger partial charge in [0, 0.05) is 21.7 Å². The predicted molar refractivity (Wildman–Crippen MR) is 128 cm³/mol. The normalized spacial score (nSPS) is 11.4. The van der Waals surface area contributed by atoms with E-state index >= 15 is 0 Å². The summed E-state index contributed by atoms with van der Waals surface area (Å²) in [5, 5.41) is 5.22. The van der Waals surface area contributed by atoms with Gasteiger partial charge in [0.05, 0.1) is 16.3 Å². The number of carbonyl (C=O) groups excluding carboxylic acids is 2. The number of benzene rings is 3. The third-order valence-electron chi connectivity index (χ3n) is 4.49. The fourth-order valence-electron chi connectivity index (χ4n) is 2.70. The number of hydrogen-bond donors (Lipinski definition) is 1. The first-order chi connectivity index (χ1) is 15.2. The maximum atomic E-state index is 12.6. The van der Waals surface area contributed by atoms with E-state index in [1.807, 2.05) is 0 Å². The summed E-state index contributed by atoms with van der Waals surface area (Å²) in [4.78, 5) is 25.1. The molecule has 0 saturated carbocycles. The van der Waals surface area contributed by atoms with Gasteiger partial charge < -0.3 is 4.74 Å². The number of nitrogens with zero attached hydrogens (tertiary/aromatic N) is 1. The van der Waals surface area contributed by atoms with Crippen molar-refractivity contribution in [3.63, 3.8) is 0 Å². The fourth-order valence-corrected chi connectivity index (χ4v) is 3.18. The van der Waals surface area contributed by atoms with E-state index in [1.165, 1.54) is 6.21 Å². The maximum Gasteiger partial charge on any atom is 0.283 e. The molecule has 0 spiro atoms. The van der Waals surface area contributed by atoms with Gasteiger partial charge in [-0.2, -0.15) is 5.10 Å². The smallest absolute Gasteiger partial charge is 0.283 e. The molecule has 0 bridgehead atoms. The molecule has 3 rings (SSSR count). The lowest BCUT2D eigenvalue weighted by molar-refractivity contribution is -0.134. The van der Waals surface area contributed by atoms with Crippen molar-refractivity contribution in [1.82, 2.24) is 5.43 Å². The van der Waals surface area contributed by atoms with Crippen molar-refractivity contribution in [3.8, 4) is 5.75 Å². The van der Waals surface area contributed by atoms with Crippen LogP contribution >= 0.6 is 34.8 Å². The zero-order valence-corrected chi connectivity index (χ0v) is 19.5. The second-order valence-corrected chi connectivity index (χ2v) is 8.54. The van der Waals surface area contributed by atoms with Gasteiger partial charge >= 0.3 is 0 Å². The van der Waals surface area contributed by atoms with E-state index in [1.54, 1.807) is 80.6 Å². The lowest BCUT2D eigenvalue weighted by atomic mass is 10.0. The van der Waals surface area contributed by atoms with Gasteiger partial charge in [0.25, 0.3) is 5.91 Å². The summed E-state index contributed by atoms with van der Waals surface area (Å²) in [6, 6.07) is 18.3. The molecular formula is C24H19Cl3N2O3. The Bertz CT molecular complexity index is 1160. The van der Waals surface area contributed by atoms with Gasteiger partial charge in [0.15, 0.2) is 11.4 Å². The number of amides is 1. The Hall–Kier alpha value is -2.86. The predicted octanol–water partition coefficient (Wildman–Crippen LogP) is 6.19. The fraction of sp³-hybridized carbons (Fsp3) is 0.125. The number of hydrogen-bond acceptors (Lipinski definition) is 4. The topological polar surface area (TPSA) is 67.8 Å². The van der Waals surface area contributed by atoms with Gasteiger partial charge in [-0.05, 0) is 68.4 Å². The highest BCUT2D eigenvalue weighted by molar-refractivity contribution is 6.43. The van der Waals surface area contributed by atoms with Crippen LogP contribution in [-0.4, -0.2) is 23.5 Å². The van der Waals surface area contributed by atoms with Gasteiger partial charge in [-0.15, -0.1) is 0 Å². The number of ether oxygens (including phenoxy) is 1. The second-order valence-electron chi connectivity index (χ2n) is 7.31. The van der Waals surface area contributed by atoms with E-state index in [-0.39, 0.29) is 5.78 Å². The van der Waals surface area contributed by atoms with Crippen LogP contribution < -0.4 is 10.2 Å². The summed E-state index contributed by atoms with van der Waals surface area (Å²) in [6.45, 7) is 3.22. The number of hydrazone groups is 1. The van der Waals surface area contributed by atoms with Crippen LogP contribution in [-0.2, 0) is 4.79 Å². The first kappa shape index (κ1) is 23.8. The molecule has 0 fully saturated rings. The van der Waals surface area contributed by atoms with Crippen LogP contribution in [0.15, 0.2) is 71.8 Å². The van der Waals surface area contributed by atoms with Gasteiger partial charge in [0.1, 0.15) is 5.75 Å². The summed E-state index contributed by atoms with van der Waals surface area (Å²) in [7, 11) is 0.